The smallest absolute Gasteiger partial charge is 0.356 e. The van der Waals surface area contributed by atoms with E-state index in [1.165, 1.54) is 31.5 Å². The molecule has 29 heavy (non-hydrogen) atoms. The van der Waals surface area contributed by atoms with Crippen molar-refractivity contribution in [3.05, 3.63) is 51.5 Å². The number of halogens is 3. The molecule has 0 radical (unpaired) electrons. The van der Waals surface area contributed by atoms with E-state index >= 15 is 0 Å². The van der Waals surface area contributed by atoms with Crippen molar-refractivity contribution >= 4 is 17.3 Å². The number of aromatic nitrogens is 1. The van der Waals surface area contributed by atoms with Crippen molar-refractivity contribution in [3.63, 3.8) is 0 Å². The van der Waals surface area contributed by atoms with Gasteiger partial charge in [0.05, 0.1) is 5.01 Å². The Kier molecular flexibility index (Phi) is 7.49. The van der Waals surface area contributed by atoms with Crippen LogP contribution in [0.1, 0.15) is 34.7 Å². The molecule has 0 atom stereocenters. The van der Waals surface area contributed by atoms with E-state index in [2.05, 4.69) is 49.8 Å². The van der Waals surface area contributed by atoms with Crippen LogP contribution < -0.4 is 10.6 Å². The van der Waals surface area contributed by atoms with E-state index in [1.54, 1.807) is 7.05 Å². The summed E-state index contributed by atoms with van der Waals surface area (Å²) < 4.78 is 37.8. The molecule has 1 aromatic carbocycles. The molecule has 0 saturated carbocycles. The number of likely N-dealkylation sites (tertiary alicyclic amines) is 1. The Morgan fingerprint density at radius 2 is 1.83 bits per heavy atom. The van der Waals surface area contributed by atoms with Crippen LogP contribution in [0.15, 0.2) is 34.6 Å². The summed E-state index contributed by atoms with van der Waals surface area (Å²) in [6.45, 7) is 4.45. The molecule has 0 spiro atoms. The summed E-state index contributed by atoms with van der Waals surface area (Å²) in [5, 5.41) is 7.84. The number of nitrogens with one attached hydrogen (secondary N) is 2. The lowest BCUT2D eigenvalue weighted by Gasteiger charge is -2.15. The minimum Gasteiger partial charge on any atom is -0.356 e. The highest BCUT2D eigenvalue weighted by Crippen LogP contribution is 2.30. The predicted octanol–water partition coefficient (Wildman–Crippen LogP) is 3.67. The fourth-order valence-electron chi connectivity index (χ4n) is 3.21. The zero-order valence-electron chi connectivity index (χ0n) is 16.4. The molecular formula is C20H26F3N5S. The molecule has 5 nitrogen and oxygen atoms in total. The molecule has 1 saturated heterocycles. The first-order valence-electron chi connectivity index (χ1n) is 9.70. The van der Waals surface area contributed by atoms with Crippen molar-refractivity contribution in [2.24, 2.45) is 4.99 Å². The number of hydrogen-bond donors (Lipinski definition) is 2. The summed E-state index contributed by atoms with van der Waals surface area (Å²) in [5.41, 5.74) is 1.64. The van der Waals surface area contributed by atoms with Gasteiger partial charge in [-0.3, -0.25) is 9.89 Å². The Balaban J connectivity index is 1.40. The highest BCUT2D eigenvalue weighted by atomic mass is 32.1. The largest absolute Gasteiger partial charge is 0.434 e. The second-order valence-corrected chi connectivity index (χ2v) is 7.97. The molecule has 3 rings (SSSR count). The van der Waals surface area contributed by atoms with Gasteiger partial charge in [-0.15, -0.1) is 11.3 Å². The molecule has 2 N–H and O–H groups in total. The molecule has 2 aromatic rings. The van der Waals surface area contributed by atoms with E-state index in [-0.39, 0.29) is 0 Å². The number of guanidine groups is 1. The fraction of sp³-hybridized carbons (Fsp3) is 0.500. The quantitative estimate of drug-likeness (QED) is 0.525. The van der Waals surface area contributed by atoms with Gasteiger partial charge < -0.3 is 10.6 Å². The monoisotopic (exact) mass is 425 g/mol. The molecular weight excluding hydrogens is 399 g/mol. The van der Waals surface area contributed by atoms with Gasteiger partial charge >= 0.3 is 6.18 Å². The van der Waals surface area contributed by atoms with E-state index in [0.29, 0.717) is 30.5 Å². The maximum absolute atomic E-state index is 12.6. The first kappa shape index (κ1) is 21.6. The topological polar surface area (TPSA) is 52.6 Å². The molecule has 0 aliphatic carbocycles. The van der Waals surface area contributed by atoms with Gasteiger partial charge in [0.25, 0.3) is 0 Å². The molecule has 0 unspecified atom stereocenters. The minimum absolute atomic E-state index is 0.409. The van der Waals surface area contributed by atoms with Crippen LogP contribution in [0.2, 0.25) is 0 Å². The van der Waals surface area contributed by atoms with Crippen molar-refractivity contribution in [1.29, 1.82) is 0 Å². The lowest BCUT2D eigenvalue weighted by molar-refractivity contribution is -0.140. The normalized spacial score (nSPS) is 15.7. The average molecular weight is 426 g/mol. The average Bonchev–Trinajstić information content (AvgIpc) is 3.37. The summed E-state index contributed by atoms with van der Waals surface area (Å²) in [6, 6.07) is 8.54. The Hall–Kier alpha value is -2.13. The second-order valence-electron chi connectivity index (χ2n) is 7.03. The van der Waals surface area contributed by atoms with Crippen LogP contribution in [-0.2, 0) is 25.7 Å². The SMILES string of the molecule is CN=C(NCCc1nc(C(F)(F)F)cs1)NCc1ccc(CN2CCCC2)cc1. The highest BCUT2D eigenvalue weighted by molar-refractivity contribution is 7.09. The fourth-order valence-corrected chi connectivity index (χ4v) is 4.02. The third kappa shape index (κ3) is 6.71. The summed E-state index contributed by atoms with van der Waals surface area (Å²) in [6.07, 6.45) is -1.39. The third-order valence-electron chi connectivity index (χ3n) is 4.78. The van der Waals surface area contributed by atoms with E-state index in [9.17, 15) is 13.2 Å². The first-order chi connectivity index (χ1) is 13.9. The van der Waals surface area contributed by atoms with Crippen LogP contribution in [0.5, 0.6) is 0 Å². The van der Waals surface area contributed by atoms with E-state index in [1.807, 2.05) is 0 Å². The van der Waals surface area contributed by atoms with Crippen molar-refractivity contribution in [1.82, 2.24) is 20.5 Å². The van der Waals surface area contributed by atoms with E-state index < -0.39 is 11.9 Å². The Morgan fingerprint density at radius 1 is 1.14 bits per heavy atom. The number of thiazole rings is 1. The minimum atomic E-state index is -4.39. The van der Waals surface area contributed by atoms with Crippen LogP contribution in [0.25, 0.3) is 0 Å². The lowest BCUT2D eigenvalue weighted by atomic mass is 10.1. The van der Waals surface area contributed by atoms with Crippen LogP contribution in [0.3, 0.4) is 0 Å². The van der Waals surface area contributed by atoms with Gasteiger partial charge in [-0.2, -0.15) is 13.2 Å². The Bertz CT molecular complexity index is 795. The summed E-state index contributed by atoms with van der Waals surface area (Å²) in [5.74, 6) is 0.610. The van der Waals surface area contributed by atoms with E-state index in [0.717, 1.165) is 28.8 Å². The number of alkyl halides is 3. The zero-order valence-corrected chi connectivity index (χ0v) is 17.2. The van der Waals surface area contributed by atoms with Gasteiger partial charge in [-0.1, -0.05) is 24.3 Å². The van der Waals surface area contributed by atoms with Gasteiger partial charge in [0, 0.05) is 38.5 Å². The van der Waals surface area contributed by atoms with Crippen molar-refractivity contribution in [3.8, 4) is 0 Å². The molecule has 0 bridgehead atoms. The first-order valence-corrected chi connectivity index (χ1v) is 10.6. The van der Waals surface area contributed by atoms with Gasteiger partial charge in [-0.05, 0) is 37.1 Å². The van der Waals surface area contributed by atoms with Crippen molar-refractivity contribution in [2.75, 3.05) is 26.7 Å². The van der Waals surface area contributed by atoms with Gasteiger partial charge in [-0.25, -0.2) is 4.98 Å². The predicted molar refractivity (Wildman–Crippen MR) is 110 cm³/mol. The number of hydrogen-bond acceptors (Lipinski definition) is 4. The Morgan fingerprint density at radius 3 is 2.45 bits per heavy atom. The standard InChI is InChI=1S/C20H26F3N5S/c1-24-19(25-9-8-18-27-17(14-29-18)20(21,22)23)26-12-15-4-6-16(7-5-15)13-28-10-2-3-11-28/h4-7,14H,2-3,8-13H2,1H3,(H2,24,25,26). The number of rotatable bonds is 7. The molecule has 1 fully saturated rings. The molecule has 158 valence electrons. The molecule has 1 aromatic heterocycles. The summed E-state index contributed by atoms with van der Waals surface area (Å²) >= 11 is 1.02. The van der Waals surface area contributed by atoms with Crippen LogP contribution in [0, 0.1) is 0 Å². The van der Waals surface area contributed by atoms with Crippen LogP contribution in [-0.4, -0.2) is 42.5 Å². The van der Waals surface area contributed by atoms with Crippen molar-refractivity contribution in [2.45, 2.75) is 38.5 Å². The molecule has 1 aliphatic heterocycles. The van der Waals surface area contributed by atoms with Crippen LogP contribution >= 0.6 is 11.3 Å². The van der Waals surface area contributed by atoms with Crippen LogP contribution in [0.4, 0.5) is 13.2 Å². The zero-order chi connectivity index (χ0) is 20.7. The maximum atomic E-state index is 12.6. The van der Waals surface area contributed by atoms with Gasteiger partial charge in [0.1, 0.15) is 0 Å². The summed E-state index contributed by atoms with van der Waals surface area (Å²) in [4.78, 5) is 10.3. The second kappa shape index (κ2) is 10.1. The van der Waals surface area contributed by atoms with Crippen molar-refractivity contribution < 1.29 is 13.2 Å². The number of nitrogens with zero attached hydrogens (tertiary/aromatic N) is 3. The van der Waals surface area contributed by atoms with Gasteiger partial charge in [0.15, 0.2) is 11.7 Å². The molecule has 1 aliphatic rings. The van der Waals surface area contributed by atoms with E-state index in [4.69, 9.17) is 0 Å². The number of benzene rings is 1. The molecule has 0 amide bonds. The maximum Gasteiger partial charge on any atom is 0.434 e. The third-order valence-corrected chi connectivity index (χ3v) is 5.69. The van der Waals surface area contributed by atoms with Gasteiger partial charge in [0.2, 0.25) is 0 Å². The molecule has 9 heteroatoms. The Labute approximate surface area is 173 Å². The number of aliphatic imine (C=N–C) groups is 1. The molecule has 2 heterocycles. The summed E-state index contributed by atoms with van der Waals surface area (Å²) in [7, 11) is 1.67. The highest BCUT2D eigenvalue weighted by Gasteiger charge is 2.33. The lowest BCUT2D eigenvalue weighted by Crippen LogP contribution is -2.37.